The highest BCUT2D eigenvalue weighted by Crippen LogP contribution is 2.55. The van der Waals surface area contributed by atoms with Crippen LogP contribution in [0.2, 0.25) is 0 Å². The lowest BCUT2D eigenvalue weighted by Gasteiger charge is -2.50. The summed E-state index contributed by atoms with van der Waals surface area (Å²) >= 11 is 0. The molecule has 0 radical (unpaired) electrons. The Morgan fingerprint density at radius 1 is 0.774 bits per heavy atom. The highest BCUT2D eigenvalue weighted by Gasteiger charge is 2.78. The summed E-state index contributed by atoms with van der Waals surface area (Å²) in [6.07, 6.45) is -34.2. The van der Waals surface area contributed by atoms with Crippen LogP contribution in [-0.4, -0.2) is 55.3 Å². The summed E-state index contributed by atoms with van der Waals surface area (Å²) in [6, 6.07) is 0. The van der Waals surface area contributed by atoms with Crippen LogP contribution < -0.4 is 0 Å². The molecule has 0 aromatic carbocycles. The van der Waals surface area contributed by atoms with Gasteiger partial charge >= 0.3 is 36.8 Å². The zero-order valence-electron chi connectivity index (χ0n) is 14.8. The molecule has 0 saturated carbocycles. The van der Waals surface area contributed by atoms with E-state index in [0.29, 0.717) is 0 Å². The van der Waals surface area contributed by atoms with Crippen molar-refractivity contribution in [3.8, 4) is 0 Å². The predicted molar refractivity (Wildman–Crippen MR) is 67.1 cm³/mol. The summed E-state index contributed by atoms with van der Waals surface area (Å²) in [5.74, 6) is -16.5. The Morgan fingerprint density at radius 2 is 1.26 bits per heavy atom. The van der Waals surface area contributed by atoms with Gasteiger partial charge in [0.15, 0.2) is 0 Å². The SMILES string of the molecule is CCOC1(C(F)(OC(F)(F)F)C(F)(F)F)CCCC(C(F)(OC(F)(F)F)C(F)(F)F)O1. The zero-order valence-corrected chi connectivity index (χ0v) is 14.8. The molecule has 0 spiro atoms. The number of hydrogen-bond donors (Lipinski definition) is 0. The van der Waals surface area contributed by atoms with E-state index in [1.54, 1.807) is 0 Å². The van der Waals surface area contributed by atoms with Crippen LogP contribution in [0.3, 0.4) is 0 Å². The Morgan fingerprint density at radius 3 is 1.61 bits per heavy atom. The molecule has 0 aromatic heterocycles. The highest BCUT2D eigenvalue weighted by atomic mass is 19.4. The van der Waals surface area contributed by atoms with Crippen LogP contribution in [0.5, 0.6) is 0 Å². The van der Waals surface area contributed by atoms with E-state index in [0.717, 1.165) is 6.92 Å². The predicted octanol–water partition coefficient (Wildman–Crippen LogP) is 5.82. The van der Waals surface area contributed by atoms with Crippen molar-refractivity contribution >= 4 is 0 Å². The molecular formula is C13H12F14O4. The van der Waals surface area contributed by atoms with Gasteiger partial charge in [0.1, 0.15) is 6.10 Å². The van der Waals surface area contributed by atoms with Gasteiger partial charge in [0.05, 0.1) is 0 Å². The third-order valence-corrected chi connectivity index (χ3v) is 3.86. The van der Waals surface area contributed by atoms with Crippen molar-refractivity contribution in [2.24, 2.45) is 0 Å². The van der Waals surface area contributed by atoms with Crippen LogP contribution in [0.4, 0.5) is 61.5 Å². The summed E-state index contributed by atoms with van der Waals surface area (Å²) in [6.45, 7) is -0.432. The Kier molecular flexibility index (Phi) is 7.49. The first-order chi connectivity index (χ1) is 13.5. The van der Waals surface area contributed by atoms with Gasteiger partial charge in [-0.25, -0.2) is 9.47 Å². The molecule has 0 aliphatic carbocycles. The fourth-order valence-electron chi connectivity index (χ4n) is 2.78. The molecule has 1 aliphatic heterocycles. The molecule has 186 valence electrons. The molecular weight excluding hydrogens is 486 g/mol. The van der Waals surface area contributed by atoms with E-state index in [-0.39, 0.29) is 0 Å². The minimum absolute atomic E-state index is 0.734. The topological polar surface area (TPSA) is 36.9 Å². The van der Waals surface area contributed by atoms with Crippen molar-refractivity contribution in [2.45, 2.75) is 74.9 Å². The molecule has 4 nitrogen and oxygen atoms in total. The molecule has 0 bridgehead atoms. The Bertz CT molecular complexity index is 609. The second kappa shape index (κ2) is 8.33. The van der Waals surface area contributed by atoms with Crippen LogP contribution in [0, 0.1) is 0 Å². The summed E-state index contributed by atoms with van der Waals surface area (Å²) in [5.41, 5.74) is 0. The van der Waals surface area contributed by atoms with Crippen LogP contribution >= 0.6 is 0 Å². The van der Waals surface area contributed by atoms with Gasteiger partial charge in [0, 0.05) is 13.0 Å². The average Bonchev–Trinajstić information content (AvgIpc) is 2.49. The van der Waals surface area contributed by atoms with E-state index in [9.17, 15) is 61.5 Å². The van der Waals surface area contributed by atoms with Crippen LogP contribution in [0.25, 0.3) is 0 Å². The van der Waals surface area contributed by atoms with E-state index >= 15 is 0 Å². The van der Waals surface area contributed by atoms with E-state index < -0.39 is 74.5 Å². The van der Waals surface area contributed by atoms with Crippen molar-refractivity contribution in [3.63, 3.8) is 0 Å². The molecule has 1 aliphatic rings. The van der Waals surface area contributed by atoms with E-state index in [1.807, 2.05) is 0 Å². The minimum atomic E-state index is -6.72. The van der Waals surface area contributed by atoms with E-state index in [4.69, 9.17) is 0 Å². The average molecular weight is 498 g/mol. The second-order valence-corrected chi connectivity index (χ2v) is 6.02. The molecule has 1 saturated heterocycles. The van der Waals surface area contributed by atoms with E-state index in [2.05, 4.69) is 18.9 Å². The molecule has 0 amide bonds. The molecule has 31 heavy (non-hydrogen) atoms. The molecule has 4 atom stereocenters. The third-order valence-electron chi connectivity index (χ3n) is 3.86. The number of alkyl halides is 14. The molecule has 1 heterocycles. The van der Waals surface area contributed by atoms with Crippen LogP contribution in [0.15, 0.2) is 0 Å². The Labute approximate surface area is 163 Å². The van der Waals surface area contributed by atoms with Crippen LogP contribution in [-0.2, 0) is 18.9 Å². The Balaban J connectivity index is 3.62. The fourth-order valence-corrected chi connectivity index (χ4v) is 2.78. The molecule has 1 fully saturated rings. The molecule has 4 unspecified atom stereocenters. The first kappa shape index (κ1) is 27.9. The number of rotatable bonds is 6. The third kappa shape index (κ3) is 5.81. The van der Waals surface area contributed by atoms with Crippen molar-refractivity contribution < 1.29 is 80.4 Å². The molecule has 0 aromatic rings. The number of halogens is 14. The summed E-state index contributed by atoms with van der Waals surface area (Å²) in [7, 11) is 0. The lowest BCUT2D eigenvalue weighted by Crippen LogP contribution is -2.70. The van der Waals surface area contributed by atoms with Crippen molar-refractivity contribution in [2.75, 3.05) is 6.61 Å². The summed E-state index contributed by atoms with van der Waals surface area (Å²) < 4.78 is 195. The maximum Gasteiger partial charge on any atom is 0.525 e. The monoisotopic (exact) mass is 498 g/mol. The first-order valence-corrected chi connectivity index (χ1v) is 7.90. The van der Waals surface area contributed by atoms with Gasteiger partial charge < -0.3 is 9.47 Å². The smallest absolute Gasteiger partial charge is 0.345 e. The van der Waals surface area contributed by atoms with Crippen molar-refractivity contribution in [1.82, 2.24) is 0 Å². The van der Waals surface area contributed by atoms with Gasteiger partial charge in [-0.05, 0) is 19.8 Å². The maximum absolute atomic E-state index is 14.7. The van der Waals surface area contributed by atoms with Gasteiger partial charge in [-0.1, -0.05) is 0 Å². The molecule has 18 heteroatoms. The molecule has 1 rings (SSSR count). The van der Waals surface area contributed by atoms with Crippen molar-refractivity contribution in [3.05, 3.63) is 0 Å². The van der Waals surface area contributed by atoms with Gasteiger partial charge in [-0.2, -0.15) is 35.1 Å². The maximum atomic E-state index is 14.7. The fraction of sp³-hybridized carbons (Fsp3) is 1.00. The molecule has 0 N–H and O–H groups in total. The zero-order chi connectivity index (χ0) is 24.7. The number of hydrogen-bond acceptors (Lipinski definition) is 4. The van der Waals surface area contributed by atoms with Gasteiger partial charge in [-0.3, -0.25) is 0 Å². The summed E-state index contributed by atoms with van der Waals surface area (Å²) in [5, 5.41) is 0. The normalized spacial score (nSPS) is 28.2. The lowest BCUT2D eigenvalue weighted by molar-refractivity contribution is -0.536. The van der Waals surface area contributed by atoms with Crippen molar-refractivity contribution in [1.29, 1.82) is 0 Å². The van der Waals surface area contributed by atoms with Gasteiger partial charge in [-0.15, -0.1) is 26.3 Å². The first-order valence-electron chi connectivity index (χ1n) is 7.90. The lowest BCUT2D eigenvalue weighted by atomic mass is 9.91. The highest BCUT2D eigenvalue weighted by molar-refractivity contribution is 5.01. The largest absolute Gasteiger partial charge is 0.525 e. The second-order valence-electron chi connectivity index (χ2n) is 6.02. The van der Waals surface area contributed by atoms with Gasteiger partial charge in [0.25, 0.3) is 0 Å². The van der Waals surface area contributed by atoms with E-state index in [1.165, 1.54) is 0 Å². The standard InChI is InChI=1S/C13H12F14O4/c1-2-28-7(9(15,11(19,20)21)31-13(25,26)27)5-3-4-6(29-7)8(14,10(16,17)18)30-12(22,23)24/h6H,2-5H2,1H3. The number of ether oxygens (including phenoxy) is 4. The summed E-state index contributed by atoms with van der Waals surface area (Å²) in [4.78, 5) is 0. The quantitative estimate of drug-likeness (QED) is 0.433. The van der Waals surface area contributed by atoms with Gasteiger partial charge in [0.2, 0.25) is 5.79 Å². The van der Waals surface area contributed by atoms with Crippen LogP contribution in [0.1, 0.15) is 26.2 Å². The Hall–Kier alpha value is -1.14. The minimum Gasteiger partial charge on any atom is -0.345 e.